The fourth-order valence-corrected chi connectivity index (χ4v) is 5.08. The van der Waals surface area contributed by atoms with Gasteiger partial charge in [-0.15, -0.1) is 0 Å². The van der Waals surface area contributed by atoms with Crippen molar-refractivity contribution in [3.8, 4) is 11.1 Å². The van der Waals surface area contributed by atoms with Crippen LogP contribution in [0.25, 0.3) is 17.2 Å². The molecule has 0 saturated heterocycles. The molecule has 2 heterocycles. The summed E-state index contributed by atoms with van der Waals surface area (Å²) in [5.74, 6) is 0. The minimum atomic E-state index is 0.0122. The van der Waals surface area contributed by atoms with E-state index in [0.29, 0.717) is 0 Å². The first-order valence-corrected chi connectivity index (χ1v) is 11.5. The number of hydrogen-bond donors (Lipinski definition) is 0. The second-order valence-electron chi connectivity index (χ2n) is 9.28. The molecule has 0 aromatic heterocycles. The smallest absolute Gasteiger partial charge is 0.186 e. The highest BCUT2D eigenvalue weighted by Gasteiger charge is 2.37. The van der Waals surface area contributed by atoms with Crippen LogP contribution in [0.2, 0.25) is 0 Å². The van der Waals surface area contributed by atoms with Gasteiger partial charge in [0.15, 0.2) is 11.4 Å². The maximum Gasteiger partial charge on any atom is 0.186 e. The minimum absolute atomic E-state index is 0.0122. The van der Waals surface area contributed by atoms with Crippen LogP contribution in [0.15, 0.2) is 66.4 Å². The first-order chi connectivity index (χ1) is 14.9. The maximum atomic E-state index is 2.48. The number of benzene rings is 1. The zero-order chi connectivity index (χ0) is 22.2. The number of likely N-dealkylation sites (N-methyl/N-ethyl adjacent to an activating group) is 1. The summed E-state index contributed by atoms with van der Waals surface area (Å²) in [6.07, 6.45) is 9.13. The highest BCUT2D eigenvalue weighted by Crippen LogP contribution is 2.46. The van der Waals surface area contributed by atoms with Crippen LogP contribution in [-0.2, 0) is 12.0 Å². The lowest BCUT2D eigenvalue weighted by Crippen LogP contribution is -2.37. The van der Waals surface area contributed by atoms with Gasteiger partial charge in [-0.3, -0.25) is 0 Å². The lowest BCUT2D eigenvalue weighted by molar-refractivity contribution is -0.704. The molecule has 0 saturated carbocycles. The Kier molecular flexibility index (Phi) is 5.75. The van der Waals surface area contributed by atoms with Crippen molar-refractivity contribution in [1.82, 2.24) is 0 Å². The summed E-state index contributed by atoms with van der Waals surface area (Å²) in [5, 5.41) is 0. The third kappa shape index (κ3) is 3.69. The Hall–Kier alpha value is -2.87. The molecule has 0 radical (unpaired) electrons. The Labute approximate surface area is 187 Å². The number of anilines is 1. The molecule has 0 bridgehead atoms. The van der Waals surface area contributed by atoms with Gasteiger partial charge in [0.1, 0.15) is 6.54 Å². The summed E-state index contributed by atoms with van der Waals surface area (Å²) < 4.78 is 2.48. The molecule has 4 rings (SSSR count). The van der Waals surface area contributed by atoms with Crippen molar-refractivity contribution in [2.24, 2.45) is 0 Å². The van der Waals surface area contributed by atoms with Crippen LogP contribution in [-0.4, -0.2) is 7.05 Å². The van der Waals surface area contributed by atoms with Gasteiger partial charge in [0.25, 0.3) is 0 Å². The van der Waals surface area contributed by atoms with Crippen LogP contribution in [0.3, 0.4) is 0 Å². The number of unbranched alkanes of at least 4 members (excludes halogenated alkanes) is 1. The third-order valence-electron chi connectivity index (χ3n) is 6.98. The van der Waals surface area contributed by atoms with Gasteiger partial charge in [0.2, 0.25) is 0 Å². The van der Waals surface area contributed by atoms with Crippen LogP contribution >= 0.6 is 0 Å². The first kappa shape index (κ1) is 21.4. The van der Waals surface area contributed by atoms with Crippen molar-refractivity contribution in [1.29, 1.82) is 0 Å². The number of allylic oxidation sites excluding steroid dienone is 3. The lowest BCUT2D eigenvalue weighted by Gasteiger charge is -2.23. The van der Waals surface area contributed by atoms with Gasteiger partial charge in [-0.25, -0.2) is 0 Å². The molecular formula is C29H35N2+. The van der Waals surface area contributed by atoms with E-state index in [1.54, 1.807) is 0 Å². The zero-order valence-corrected chi connectivity index (χ0v) is 19.9. The molecule has 3 aliphatic rings. The van der Waals surface area contributed by atoms with E-state index in [1.807, 2.05) is 0 Å². The molecule has 2 nitrogen and oxygen atoms in total. The predicted octanol–water partition coefficient (Wildman–Crippen LogP) is 6.82. The van der Waals surface area contributed by atoms with E-state index in [2.05, 4.69) is 118 Å². The van der Waals surface area contributed by atoms with E-state index >= 15 is 0 Å². The van der Waals surface area contributed by atoms with Crippen LogP contribution < -0.4 is 9.47 Å². The molecule has 1 aliphatic carbocycles. The van der Waals surface area contributed by atoms with Gasteiger partial charge < -0.3 is 4.90 Å². The van der Waals surface area contributed by atoms with Crippen molar-refractivity contribution in [3.63, 3.8) is 0 Å². The standard InChI is InChI=1S/C29H35N2/c1-7-8-20-31-21(2)24-18-16-23(17-19-25(24)22(31)3)12-11-15-28-29(4,5)26-13-9-10-14-27(26)30(28)6/h9-19H,7-8,20H2,1-6H3/q+1. The van der Waals surface area contributed by atoms with E-state index < -0.39 is 0 Å². The number of fused-ring (bicyclic) bond motifs is 2. The fraction of sp³-hybridized carbons (Fsp3) is 0.345. The van der Waals surface area contributed by atoms with Gasteiger partial charge in [0, 0.05) is 44.1 Å². The highest BCUT2D eigenvalue weighted by atomic mass is 15.2. The summed E-state index contributed by atoms with van der Waals surface area (Å²) in [6, 6.07) is 17.8. The molecule has 0 unspecified atom stereocenters. The monoisotopic (exact) mass is 411 g/mol. The van der Waals surface area contributed by atoms with Crippen molar-refractivity contribution in [3.05, 3.63) is 88.9 Å². The third-order valence-corrected chi connectivity index (χ3v) is 6.98. The van der Waals surface area contributed by atoms with Crippen molar-refractivity contribution < 1.29 is 4.57 Å². The van der Waals surface area contributed by atoms with E-state index in [0.717, 1.165) is 6.54 Å². The number of hydrogen-bond acceptors (Lipinski definition) is 1. The van der Waals surface area contributed by atoms with Gasteiger partial charge in [-0.1, -0.05) is 69.7 Å². The van der Waals surface area contributed by atoms with E-state index in [9.17, 15) is 0 Å². The topological polar surface area (TPSA) is 7.12 Å². The van der Waals surface area contributed by atoms with E-state index in [1.165, 1.54) is 57.9 Å². The molecule has 2 aliphatic heterocycles. The Morgan fingerprint density at radius 2 is 1.58 bits per heavy atom. The Bertz CT molecular complexity index is 1090. The van der Waals surface area contributed by atoms with Crippen LogP contribution in [0.1, 0.15) is 56.1 Å². The summed E-state index contributed by atoms with van der Waals surface area (Å²) in [4.78, 5) is 2.32. The summed E-state index contributed by atoms with van der Waals surface area (Å²) in [5.41, 5.74) is 10.7. The SMILES string of the molecule is CCCC[n+]1c(C)c2ccc(/C=C/C=C3/N(C)c4ccccc4C3(C)C)ccc-2c1C. The van der Waals surface area contributed by atoms with Crippen molar-refractivity contribution in [2.75, 3.05) is 11.9 Å². The average molecular weight is 412 g/mol. The molecule has 160 valence electrons. The van der Waals surface area contributed by atoms with Crippen LogP contribution in [0.4, 0.5) is 5.69 Å². The first-order valence-electron chi connectivity index (χ1n) is 11.5. The fourth-order valence-electron chi connectivity index (χ4n) is 5.08. The summed E-state index contributed by atoms with van der Waals surface area (Å²) >= 11 is 0. The van der Waals surface area contributed by atoms with E-state index in [-0.39, 0.29) is 5.41 Å². The second kappa shape index (κ2) is 8.34. The minimum Gasteiger partial charge on any atom is -0.347 e. The average Bonchev–Trinajstić information content (AvgIpc) is 2.98. The normalized spacial score (nSPS) is 16.6. The van der Waals surface area contributed by atoms with Gasteiger partial charge >= 0.3 is 0 Å². The summed E-state index contributed by atoms with van der Waals surface area (Å²) in [7, 11) is 2.17. The van der Waals surface area contributed by atoms with Gasteiger partial charge in [0.05, 0.1) is 11.1 Å². The number of nitrogens with zero attached hydrogens (tertiary/aromatic N) is 2. The van der Waals surface area contributed by atoms with Crippen molar-refractivity contribution in [2.45, 2.75) is 59.4 Å². The molecule has 0 spiro atoms. The number of aromatic nitrogens is 1. The molecular weight excluding hydrogens is 376 g/mol. The van der Waals surface area contributed by atoms with Gasteiger partial charge in [-0.05, 0) is 35.4 Å². The number of rotatable bonds is 5. The number of para-hydroxylation sites is 1. The summed E-state index contributed by atoms with van der Waals surface area (Å²) in [6.45, 7) is 12.5. The lowest BCUT2D eigenvalue weighted by atomic mass is 9.84. The molecule has 1 aromatic rings. The molecule has 1 aromatic carbocycles. The van der Waals surface area contributed by atoms with E-state index in [4.69, 9.17) is 0 Å². The Morgan fingerprint density at radius 3 is 2.19 bits per heavy atom. The molecule has 0 N–H and O–H groups in total. The quantitative estimate of drug-likeness (QED) is 0.418. The van der Waals surface area contributed by atoms with Crippen LogP contribution in [0, 0.1) is 13.8 Å². The Morgan fingerprint density at radius 1 is 0.935 bits per heavy atom. The maximum absolute atomic E-state index is 2.48. The molecule has 2 heteroatoms. The largest absolute Gasteiger partial charge is 0.347 e. The zero-order valence-electron chi connectivity index (χ0n) is 19.9. The molecule has 31 heavy (non-hydrogen) atoms. The highest BCUT2D eigenvalue weighted by molar-refractivity contribution is 5.71. The second-order valence-corrected chi connectivity index (χ2v) is 9.28. The van der Waals surface area contributed by atoms with Gasteiger partial charge in [-0.2, -0.15) is 4.57 Å². The van der Waals surface area contributed by atoms with Crippen LogP contribution in [0.5, 0.6) is 0 Å². The molecule has 0 amide bonds. The molecule has 0 fully saturated rings. The Balaban J connectivity index is 1.63. The van der Waals surface area contributed by atoms with Crippen molar-refractivity contribution >= 4 is 11.8 Å². The predicted molar refractivity (Wildman–Crippen MR) is 133 cm³/mol. The molecule has 0 atom stereocenters.